The highest BCUT2D eigenvalue weighted by molar-refractivity contribution is 7.16. The first-order valence-corrected chi connectivity index (χ1v) is 9.33. The van der Waals surface area contributed by atoms with E-state index in [-0.39, 0.29) is 18.4 Å². The number of nitriles is 1. The smallest absolute Gasteiger partial charge is 0.317 e. The van der Waals surface area contributed by atoms with Crippen LogP contribution < -0.4 is 10.6 Å². The van der Waals surface area contributed by atoms with Gasteiger partial charge in [0.1, 0.15) is 16.8 Å². The van der Waals surface area contributed by atoms with Gasteiger partial charge in [-0.25, -0.2) is 4.79 Å². The molecule has 0 aliphatic carbocycles. The molecule has 0 saturated carbocycles. The maximum absolute atomic E-state index is 12.2. The van der Waals surface area contributed by atoms with Gasteiger partial charge in [-0.15, -0.1) is 11.3 Å². The van der Waals surface area contributed by atoms with Crippen molar-refractivity contribution in [1.82, 2.24) is 10.2 Å². The third-order valence-corrected chi connectivity index (χ3v) is 5.35. The molecule has 8 heteroatoms. The number of anilines is 1. The minimum atomic E-state index is -0.155. The number of carbonyl (C=O) groups is 2. The summed E-state index contributed by atoms with van der Waals surface area (Å²) in [4.78, 5) is 26.9. The van der Waals surface area contributed by atoms with Gasteiger partial charge in [0, 0.05) is 30.8 Å². The molecule has 2 aromatic heterocycles. The minimum absolute atomic E-state index is 0.103. The fraction of sp³-hybridized carbons (Fsp3) is 0.389. The minimum Gasteiger partial charge on any atom is -0.469 e. The van der Waals surface area contributed by atoms with Gasteiger partial charge in [-0.3, -0.25) is 4.79 Å². The third-order valence-electron chi connectivity index (χ3n) is 4.22. The number of amides is 3. The van der Waals surface area contributed by atoms with Gasteiger partial charge >= 0.3 is 6.03 Å². The van der Waals surface area contributed by atoms with Gasteiger partial charge in [0.2, 0.25) is 5.91 Å². The van der Waals surface area contributed by atoms with Crippen molar-refractivity contribution >= 4 is 28.3 Å². The first kappa shape index (κ1) is 18.0. The lowest BCUT2D eigenvalue weighted by molar-refractivity contribution is -0.116. The molecule has 2 N–H and O–H groups in total. The van der Waals surface area contributed by atoms with Crippen molar-refractivity contribution in [3.63, 3.8) is 0 Å². The van der Waals surface area contributed by atoms with Crippen LogP contribution in [0.2, 0.25) is 0 Å². The fourth-order valence-electron chi connectivity index (χ4n) is 2.93. The number of aryl methyl sites for hydroxylation is 1. The summed E-state index contributed by atoms with van der Waals surface area (Å²) in [6.07, 6.45) is 2.99. The van der Waals surface area contributed by atoms with Crippen LogP contribution in [0.4, 0.5) is 9.80 Å². The zero-order chi connectivity index (χ0) is 18.5. The highest BCUT2D eigenvalue weighted by Crippen LogP contribution is 2.36. The molecule has 1 aliphatic heterocycles. The average Bonchev–Trinajstić information content (AvgIpc) is 3.26. The van der Waals surface area contributed by atoms with E-state index in [0.29, 0.717) is 43.0 Å². The molecule has 0 radical (unpaired) electrons. The van der Waals surface area contributed by atoms with E-state index in [1.54, 1.807) is 17.2 Å². The first-order chi connectivity index (χ1) is 12.6. The molecule has 3 amide bonds. The molecule has 0 unspecified atom stereocenters. The zero-order valence-electron chi connectivity index (χ0n) is 14.5. The molecule has 2 aromatic rings. The maximum Gasteiger partial charge on any atom is 0.317 e. The molecular formula is C18H20N4O3S. The Morgan fingerprint density at radius 3 is 3.00 bits per heavy atom. The van der Waals surface area contributed by atoms with Crippen LogP contribution in [0.15, 0.2) is 22.8 Å². The molecule has 0 aromatic carbocycles. The van der Waals surface area contributed by atoms with Crippen molar-refractivity contribution in [2.45, 2.75) is 32.7 Å². The van der Waals surface area contributed by atoms with Crippen molar-refractivity contribution in [2.75, 3.05) is 18.4 Å². The number of furan rings is 1. The van der Waals surface area contributed by atoms with E-state index in [1.165, 1.54) is 11.3 Å². The normalized spacial score (nSPS) is 13.0. The lowest BCUT2D eigenvalue weighted by atomic mass is 10.0. The first-order valence-electron chi connectivity index (χ1n) is 8.52. The van der Waals surface area contributed by atoms with Crippen molar-refractivity contribution < 1.29 is 14.0 Å². The van der Waals surface area contributed by atoms with Crippen LogP contribution in [-0.2, 0) is 24.2 Å². The summed E-state index contributed by atoms with van der Waals surface area (Å²) in [6.45, 7) is 3.48. The summed E-state index contributed by atoms with van der Waals surface area (Å²) in [7, 11) is 0. The highest BCUT2D eigenvalue weighted by atomic mass is 32.1. The summed E-state index contributed by atoms with van der Waals surface area (Å²) < 4.78 is 5.23. The van der Waals surface area contributed by atoms with E-state index in [2.05, 4.69) is 16.7 Å². The van der Waals surface area contributed by atoms with E-state index in [1.807, 2.05) is 13.0 Å². The number of hydrogen-bond donors (Lipinski definition) is 2. The van der Waals surface area contributed by atoms with Crippen LogP contribution in [0.1, 0.15) is 35.1 Å². The Balaban J connectivity index is 1.68. The summed E-state index contributed by atoms with van der Waals surface area (Å²) in [5, 5.41) is 15.7. The number of fused-ring (bicyclic) bond motifs is 1. The van der Waals surface area contributed by atoms with Crippen molar-refractivity contribution in [3.8, 4) is 6.07 Å². The number of urea groups is 1. The second kappa shape index (κ2) is 8.06. The number of hydrogen-bond acceptors (Lipinski definition) is 5. The molecule has 0 fully saturated rings. The van der Waals surface area contributed by atoms with Crippen molar-refractivity contribution in [3.05, 3.63) is 40.2 Å². The Morgan fingerprint density at radius 1 is 1.46 bits per heavy atom. The standard InChI is InChI=1S/C18H20N4O3S/c1-2-20-18(24)22-8-7-13-14(10-19)17(26-15(13)11-22)21-16(23)6-5-12-4-3-9-25-12/h3-4,9H,2,5-8,11H2,1H3,(H,20,24)(H,21,23). The molecule has 136 valence electrons. The molecule has 0 bridgehead atoms. The number of nitrogens with zero attached hydrogens (tertiary/aromatic N) is 2. The Bertz CT molecular complexity index is 835. The van der Waals surface area contributed by atoms with Crippen LogP contribution in [0.3, 0.4) is 0 Å². The van der Waals surface area contributed by atoms with Crippen LogP contribution in [0.5, 0.6) is 0 Å². The van der Waals surface area contributed by atoms with E-state index < -0.39 is 0 Å². The summed E-state index contributed by atoms with van der Waals surface area (Å²) in [5.41, 5.74) is 1.46. The topological polar surface area (TPSA) is 98.4 Å². The van der Waals surface area contributed by atoms with Gasteiger partial charge in [-0.1, -0.05) is 0 Å². The van der Waals surface area contributed by atoms with E-state index in [4.69, 9.17) is 4.42 Å². The summed E-state index contributed by atoms with van der Waals surface area (Å²) in [5.74, 6) is 0.598. The van der Waals surface area contributed by atoms with Crippen molar-refractivity contribution in [1.29, 1.82) is 5.26 Å². The Morgan fingerprint density at radius 2 is 2.31 bits per heavy atom. The lowest BCUT2D eigenvalue weighted by Gasteiger charge is -2.26. The molecule has 0 atom stereocenters. The number of thiophene rings is 1. The van der Waals surface area contributed by atoms with Gasteiger partial charge in [-0.2, -0.15) is 5.26 Å². The molecular weight excluding hydrogens is 352 g/mol. The molecule has 7 nitrogen and oxygen atoms in total. The fourth-order valence-corrected chi connectivity index (χ4v) is 4.16. The summed E-state index contributed by atoms with van der Waals surface area (Å²) in [6, 6.07) is 5.72. The number of nitrogens with one attached hydrogen (secondary N) is 2. The SMILES string of the molecule is CCNC(=O)N1CCc2c(sc(NC(=O)CCc3ccco3)c2C#N)C1. The molecule has 0 saturated heterocycles. The van der Waals surface area contributed by atoms with Crippen LogP contribution in [0.25, 0.3) is 0 Å². The Hall–Kier alpha value is -2.79. The van der Waals surface area contributed by atoms with Gasteiger partial charge < -0.3 is 20.0 Å². The largest absolute Gasteiger partial charge is 0.469 e. The predicted molar refractivity (Wildman–Crippen MR) is 97.9 cm³/mol. The molecule has 0 spiro atoms. The average molecular weight is 372 g/mol. The molecule has 26 heavy (non-hydrogen) atoms. The second-order valence-electron chi connectivity index (χ2n) is 5.95. The lowest BCUT2D eigenvalue weighted by Crippen LogP contribution is -2.42. The van der Waals surface area contributed by atoms with E-state index in [9.17, 15) is 14.9 Å². The Kier molecular flexibility index (Phi) is 5.58. The predicted octanol–water partition coefficient (Wildman–Crippen LogP) is 2.87. The van der Waals surface area contributed by atoms with Gasteiger partial charge in [0.15, 0.2) is 0 Å². The molecule has 3 rings (SSSR count). The highest BCUT2D eigenvalue weighted by Gasteiger charge is 2.27. The van der Waals surface area contributed by atoms with Gasteiger partial charge in [0.05, 0.1) is 18.4 Å². The van der Waals surface area contributed by atoms with E-state index >= 15 is 0 Å². The summed E-state index contributed by atoms with van der Waals surface area (Å²) >= 11 is 1.38. The van der Waals surface area contributed by atoms with Gasteiger partial charge in [-0.05, 0) is 31.0 Å². The molecule has 1 aliphatic rings. The van der Waals surface area contributed by atoms with Crippen LogP contribution in [0, 0.1) is 11.3 Å². The maximum atomic E-state index is 12.2. The zero-order valence-corrected chi connectivity index (χ0v) is 15.3. The van der Waals surface area contributed by atoms with Gasteiger partial charge in [0.25, 0.3) is 0 Å². The third kappa shape index (κ3) is 3.89. The Labute approximate surface area is 155 Å². The molecule has 3 heterocycles. The van der Waals surface area contributed by atoms with Crippen LogP contribution >= 0.6 is 11.3 Å². The monoisotopic (exact) mass is 372 g/mol. The number of carbonyl (C=O) groups excluding carboxylic acids is 2. The van der Waals surface area contributed by atoms with Crippen LogP contribution in [-0.4, -0.2) is 29.9 Å². The van der Waals surface area contributed by atoms with E-state index in [0.717, 1.165) is 16.2 Å². The quantitative estimate of drug-likeness (QED) is 0.843. The second-order valence-corrected chi connectivity index (χ2v) is 7.06. The number of rotatable bonds is 5. The van der Waals surface area contributed by atoms with Crippen molar-refractivity contribution in [2.24, 2.45) is 0 Å².